The van der Waals surface area contributed by atoms with Crippen LogP contribution in [0.25, 0.3) is 0 Å². The minimum absolute atomic E-state index is 0.0374. The number of fused-ring (bicyclic) bond motifs is 2. The second-order valence-electron chi connectivity index (χ2n) is 6.83. The molecule has 0 fully saturated rings. The zero-order chi connectivity index (χ0) is 17.8. The molecule has 0 spiro atoms. The van der Waals surface area contributed by atoms with E-state index < -0.39 is 0 Å². The van der Waals surface area contributed by atoms with E-state index in [4.69, 9.17) is 4.74 Å². The largest absolute Gasteiger partial charge is 0.457 e. The van der Waals surface area contributed by atoms with Crippen molar-refractivity contribution < 1.29 is 9.53 Å². The molecule has 1 aliphatic heterocycles. The van der Waals surface area contributed by atoms with Gasteiger partial charge in [-0.2, -0.15) is 0 Å². The van der Waals surface area contributed by atoms with E-state index in [1.54, 1.807) is 0 Å². The molecule has 1 heterocycles. The van der Waals surface area contributed by atoms with Crippen LogP contribution in [0.15, 0.2) is 48.5 Å². The van der Waals surface area contributed by atoms with Crippen molar-refractivity contribution in [1.82, 2.24) is 10.2 Å². The molecule has 0 saturated carbocycles. The lowest BCUT2D eigenvalue weighted by atomic mass is 9.87. The van der Waals surface area contributed by atoms with Gasteiger partial charge in [0, 0.05) is 23.7 Å². The zero-order valence-corrected chi connectivity index (χ0v) is 15.2. The number of ether oxygens (including phenoxy) is 1. The summed E-state index contributed by atoms with van der Waals surface area (Å²) in [4.78, 5) is 15.2. The number of amides is 1. The molecule has 0 bridgehead atoms. The highest BCUT2D eigenvalue weighted by atomic mass is 16.5. The van der Waals surface area contributed by atoms with Gasteiger partial charge in [0.2, 0.25) is 5.91 Å². The van der Waals surface area contributed by atoms with Crippen LogP contribution in [0.4, 0.5) is 0 Å². The third kappa shape index (κ3) is 3.85. The van der Waals surface area contributed by atoms with E-state index in [2.05, 4.69) is 31.1 Å². The summed E-state index contributed by atoms with van der Waals surface area (Å²) in [6.07, 6.45) is 0.937. The van der Waals surface area contributed by atoms with Crippen LogP contribution in [-0.2, 0) is 4.79 Å². The van der Waals surface area contributed by atoms with Gasteiger partial charge in [-0.15, -0.1) is 0 Å². The van der Waals surface area contributed by atoms with E-state index in [0.29, 0.717) is 12.6 Å². The van der Waals surface area contributed by atoms with Gasteiger partial charge in [0.1, 0.15) is 11.5 Å². The van der Waals surface area contributed by atoms with Gasteiger partial charge < -0.3 is 15.0 Å². The van der Waals surface area contributed by atoms with Gasteiger partial charge >= 0.3 is 0 Å². The number of benzene rings is 2. The fourth-order valence-electron chi connectivity index (χ4n) is 3.09. The topological polar surface area (TPSA) is 41.6 Å². The molecule has 0 aromatic heterocycles. The molecule has 1 amide bonds. The van der Waals surface area contributed by atoms with Gasteiger partial charge in [0.15, 0.2) is 0 Å². The predicted octanol–water partition coefficient (Wildman–Crippen LogP) is 3.77. The SMILES string of the molecule is CC(C)N(C)CCCNC(=O)C1c2ccccc2Oc2ccccc21. The lowest BCUT2D eigenvalue weighted by Crippen LogP contribution is -2.34. The van der Waals surface area contributed by atoms with Crippen molar-refractivity contribution in [3.63, 3.8) is 0 Å². The third-order valence-corrected chi connectivity index (χ3v) is 4.81. The number of hydrogen-bond acceptors (Lipinski definition) is 3. The highest BCUT2D eigenvalue weighted by Crippen LogP contribution is 2.43. The summed E-state index contributed by atoms with van der Waals surface area (Å²) >= 11 is 0. The molecule has 2 aromatic rings. The maximum absolute atomic E-state index is 12.9. The number of carbonyl (C=O) groups is 1. The summed E-state index contributed by atoms with van der Waals surface area (Å²) in [5.41, 5.74) is 1.86. The van der Waals surface area contributed by atoms with E-state index >= 15 is 0 Å². The van der Waals surface area contributed by atoms with Crippen LogP contribution in [0.2, 0.25) is 0 Å². The normalized spacial score (nSPS) is 13.3. The van der Waals surface area contributed by atoms with Crippen molar-refractivity contribution in [1.29, 1.82) is 0 Å². The van der Waals surface area contributed by atoms with Crippen LogP contribution >= 0.6 is 0 Å². The molecular formula is C21H26N2O2. The van der Waals surface area contributed by atoms with Crippen molar-refractivity contribution in [3.05, 3.63) is 59.7 Å². The second-order valence-corrected chi connectivity index (χ2v) is 6.83. The van der Waals surface area contributed by atoms with Gasteiger partial charge in [-0.25, -0.2) is 0 Å². The minimum atomic E-state index is -0.316. The Morgan fingerprint density at radius 3 is 2.20 bits per heavy atom. The van der Waals surface area contributed by atoms with Gasteiger partial charge in [-0.1, -0.05) is 36.4 Å². The Morgan fingerprint density at radius 2 is 1.64 bits per heavy atom. The van der Waals surface area contributed by atoms with Gasteiger partial charge in [-0.05, 0) is 46.0 Å². The first-order valence-corrected chi connectivity index (χ1v) is 8.91. The average Bonchev–Trinajstić information content (AvgIpc) is 2.62. The van der Waals surface area contributed by atoms with Crippen molar-refractivity contribution in [2.75, 3.05) is 20.1 Å². The Bertz CT molecular complexity index is 697. The summed E-state index contributed by atoms with van der Waals surface area (Å²) < 4.78 is 5.95. The van der Waals surface area contributed by atoms with Crippen LogP contribution < -0.4 is 10.1 Å². The Morgan fingerprint density at radius 1 is 1.08 bits per heavy atom. The number of hydrogen-bond donors (Lipinski definition) is 1. The van der Waals surface area contributed by atoms with E-state index in [1.807, 2.05) is 48.5 Å². The number of para-hydroxylation sites is 2. The molecule has 0 unspecified atom stereocenters. The smallest absolute Gasteiger partial charge is 0.232 e. The van der Waals surface area contributed by atoms with Gasteiger partial charge in [-0.3, -0.25) is 4.79 Å². The van der Waals surface area contributed by atoms with Crippen LogP contribution in [0, 0.1) is 0 Å². The van der Waals surface area contributed by atoms with E-state index in [9.17, 15) is 4.79 Å². The Labute approximate surface area is 149 Å². The molecule has 2 aromatic carbocycles. The van der Waals surface area contributed by atoms with Crippen LogP contribution in [-0.4, -0.2) is 37.0 Å². The highest BCUT2D eigenvalue weighted by Gasteiger charge is 2.32. The lowest BCUT2D eigenvalue weighted by Gasteiger charge is -2.27. The first kappa shape index (κ1) is 17.5. The van der Waals surface area contributed by atoms with Gasteiger partial charge in [0.25, 0.3) is 0 Å². The standard InChI is InChI=1S/C21H26N2O2/c1-15(2)23(3)14-8-13-22-21(24)20-16-9-4-6-11-18(16)25-19-12-7-5-10-17(19)20/h4-7,9-12,15,20H,8,13-14H2,1-3H3,(H,22,24). The van der Waals surface area contributed by atoms with E-state index in [-0.39, 0.29) is 11.8 Å². The molecule has 0 atom stereocenters. The van der Waals surface area contributed by atoms with E-state index in [0.717, 1.165) is 35.6 Å². The summed E-state index contributed by atoms with van der Waals surface area (Å²) in [6, 6.07) is 16.1. The molecule has 3 rings (SSSR count). The van der Waals surface area contributed by atoms with Crippen molar-refractivity contribution >= 4 is 5.91 Å². The number of nitrogens with zero attached hydrogens (tertiary/aromatic N) is 1. The predicted molar refractivity (Wildman–Crippen MR) is 100 cm³/mol. The molecule has 0 aliphatic carbocycles. The first-order chi connectivity index (χ1) is 12.1. The summed E-state index contributed by atoms with van der Waals surface area (Å²) in [5, 5.41) is 3.11. The maximum Gasteiger partial charge on any atom is 0.232 e. The van der Waals surface area contributed by atoms with Crippen LogP contribution in [0.1, 0.15) is 37.3 Å². The fourth-order valence-corrected chi connectivity index (χ4v) is 3.09. The van der Waals surface area contributed by atoms with Crippen molar-refractivity contribution in [2.45, 2.75) is 32.2 Å². The van der Waals surface area contributed by atoms with Crippen molar-refractivity contribution in [2.24, 2.45) is 0 Å². The highest BCUT2D eigenvalue weighted by molar-refractivity contribution is 5.89. The summed E-state index contributed by atoms with van der Waals surface area (Å²) in [7, 11) is 2.11. The second kappa shape index (κ2) is 7.70. The first-order valence-electron chi connectivity index (χ1n) is 8.91. The third-order valence-electron chi connectivity index (χ3n) is 4.81. The molecule has 4 nitrogen and oxygen atoms in total. The molecule has 132 valence electrons. The van der Waals surface area contributed by atoms with E-state index in [1.165, 1.54) is 0 Å². The Balaban J connectivity index is 1.72. The maximum atomic E-state index is 12.9. The zero-order valence-electron chi connectivity index (χ0n) is 15.2. The molecule has 0 saturated heterocycles. The molecule has 1 aliphatic rings. The number of rotatable bonds is 6. The molecular weight excluding hydrogens is 312 g/mol. The lowest BCUT2D eigenvalue weighted by molar-refractivity contribution is -0.121. The van der Waals surface area contributed by atoms with Crippen molar-refractivity contribution in [3.8, 4) is 11.5 Å². The molecule has 4 heteroatoms. The molecule has 1 N–H and O–H groups in total. The fraction of sp³-hybridized carbons (Fsp3) is 0.381. The Kier molecular flexibility index (Phi) is 5.39. The van der Waals surface area contributed by atoms with Crippen LogP contribution in [0.5, 0.6) is 11.5 Å². The quantitative estimate of drug-likeness (QED) is 0.815. The monoisotopic (exact) mass is 338 g/mol. The molecule has 25 heavy (non-hydrogen) atoms. The van der Waals surface area contributed by atoms with Crippen LogP contribution in [0.3, 0.4) is 0 Å². The number of carbonyl (C=O) groups excluding carboxylic acids is 1. The summed E-state index contributed by atoms with van der Waals surface area (Å²) in [5.74, 6) is 1.25. The molecule has 0 radical (unpaired) electrons. The summed E-state index contributed by atoms with van der Waals surface area (Å²) in [6.45, 7) is 6.00. The van der Waals surface area contributed by atoms with Gasteiger partial charge in [0.05, 0.1) is 5.92 Å². The minimum Gasteiger partial charge on any atom is -0.457 e. The number of nitrogens with one attached hydrogen (secondary N) is 1. The Hall–Kier alpha value is -2.33. The average molecular weight is 338 g/mol.